The minimum absolute atomic E-state index is 0.548. The molecule has 0 saturated carbocycles. The third-order valence-electron chi connectivity index (χ3n) is 2.26. The molecule has 1 saturated heterocycles. The lowest BCUT2D eigenvalue weighted by Crippen LogP contribution is -2.26. The predicted molar refractivity (Wildman–Crippen MR) is 51.2 cm³/mol. The minimum atomic E-state index is 0.548. The van der Waals surface area contributed by atoms with Crippen LogP contribution in [0, 0.1) is 17.8 Å². The molecule has 0 aliphatic carbocycles. The molecule has 2 nitrogen and oxygen atoms in total. The molecule has 1 aliphatic rings. The van der Waals surface area contributed by atoms with E-state index < -0.39 is 0 Å². The smallest absolute Gasteiger partial charge is 0.176 e. The van der Waals surface area contributed by atoms with Crippen LogP contribution in [0.5, 0.6) is 0 Å². The summed E-state index contributed by atoms with van der Waals surface area (Å²) in [7, 11) is 0. The number of rotatable bonds is 0. The molecule has 1 aliphatic heterocycles. The van der Waals surface area contributed by atoms with Gasteiger partial charge in [0.25, 0.3) is 0 Å². The van der Waals surface area contributed by atoms with Gasteiger partial charge in [0.05, 0.1) is 6.26 Å². The summed E-state index contributed by atoms with van der Waals surface area (Å²) in [6, 6.07) is 3.76. The molecule has 0 aromatic carbocycles. The second-order valence-electron chi connectivity index (χ2n) is 3.27. The Morgan fingerprint density at radius 3 is 2.92 bits per heavy atom. The maximum Gasteiger partial charge on any atom is 0.176 e. The van der Waals surface area contributed by atoms with Gasteiger partial charge in [-0.15, -0.1) is 0 Å². The second-order valence-corrected chi connectivity index (χ2v) is 3.27. The molecule has 2 heteroatoms. The molecule has 2 rings (SSSR count). The lowest BCUT2D eigenvalue weighted by atomic mass is 9.99. The summed E-state index contributed by atoms with van der Waals surface area (Å²) in [6.45, 7) is 2.19. The van der Waals surface area contributed by atoms with E-state index in [0.29, 0.717) is 5.92 Å². The molecule has 13 heavy (non-hydrogen) atoms. The van der Waals surface area contributed by atoms with Crippen molar-refractivity contribution in [1.82, 2.24) is 5.32 Å². The molecule has 68 valence electrons. The van der Waals surface area contributed by atoms with Crippen molar-refractivity contribution in [2.24, 2.45) is 5.92 Å². The summed E-state index contributed by atoms with van der Waals surface area (Å²) in [6.07, 6.45) is 3.98. The third-order valence-corrected chi connectivity index (χ3v) is 2.26. The van der Waals surface area contributed by atoms with Crippen molar-refractivity contribution in [3.8, 4) is 11.8 Å². The van der Waals surface area contributed by atoms with Gasteiger partial charge in [-0.3, -0.25) is 0 Å². The SMILES string of the molecule is C(#CC1CCNCC1)c1ccco1. The molecule has 0 bridgehead atoms. The van der Waals surface area contributed by atoms with E-state index in [1.807, 2.05) is 12.1 Å². The van der Waals surface area contributed by atoms with Crippen LogP contribution in [0.4, 0.5) is 0 Å². The summed E-state index contributed by atoms with van der Waals surface area (Å²) >= 11 is 0. The lowest BCUT2D eigenvalue weighted by molar-refractivity contribution is 0.447. The van der Waals surface area contributed by atoms with Crippen LogP contribution in [-0.2, 0) is 0 Å². The molecule has 1 fully saturated rings. The Labute approximate surface area is 78.3 Å². The second kappa shape index (κ2) is 4.15. The lowest BCUT2D eigenvalue weighted by Gasteiger charge is -2.16. The predicted octanol–water partition coefficient (Wildman–Crippen LogP) is 1.63. The van der Waals surface area contributed by atoms with Gasteiger partial charge in [0.2, 0.25) is 0 Å². The van der Waals surface area contributed by atoms with Gasteiger partial charge < -0.3 is 9.73 Å². The maximum atomic E-state index is 5.14. The van der Waals surface area contributed by atoms with Gasteiger partial charge in [-0.05, 0) is 44.0 Å². The first-order valence-electron chi connectivity index (χ1n) is 4.71. The first kappa shape index (κ1) is 8.40. The zero-order valence-electron chi connectivity index (χ0n) is 7.55. The fourth-order valence-corrected chi connectivity index (χ4v) is 1.49. The first-order valence-corrected chi connectivity index (χ1v) is 4.71. The molecule has 0 spiro atoms. The molecule has 1 N–H and O–H groups in total. The van der Waals surface area contributed by atoms with Crippen LogP contribution in [-0.4, -0.2) is 13.1 Å². The molecule has 0 radical (unpaired) electrons. The summed E-state index contributed by atoms with van der Waals surface area (Å²) in [5.41, 5.74) is 0. The van der Waals surface area contributed by atoms with Gasteiger partial charge in [-0.2, -0.15) is 0 Å². The largest absolute Gasteiger partial charge is 0.456 e. The summed E-state index contributed by atoms with van der Waals surface area (Å²) in [5, 5.41) is 3.32. The Hall–Kier alpha value is -1.20. The summed E-state index contributed by atoms with van der Waals surface area (Å²) in [4.78, 5) is 0. The molecule has 1 aromatic heterocycles. The highest BCUT2D eigenvalue weighted by Gasteiger charge is 2.09. The monoisotopic (exact) mass is 175 g/mol. The molecular weight excluding hydrogens is 162 g/mol. The zero-order chi connectivity index (χ0) is 8.93. The molecule has 0 atom stereocenters. The van der Waals surface area contributed by atoms with Crippen molar-refractivity contribution in [2.45, 2.75) is 12.8 Å². The van der Waals surface area contributed by atoms with Crippen molar-refractivity contribution < 1.29 is 4.42 Å². The zero-order valence-corrected chi connectivity index (χ0v) is 7.55. The third kappa shape index (κ3) is 2.37. The highest BCUT2D eigenvalue weighted by Crippen LogP contribution is 2.10. The van der Waals surface area contributed by atoms with Crippen molar-refractivity contribution in [3.05, 3.63) is 24.2 Å². The van der Waals surface area contributed by atoms with E-state index >= 15 is 0 Å². The Bertz CT molecular complexity index is 299. The van der Waals surface area contributed by atoms with E-state index in [-0.39, 0.29) is 0 Å². The van der Waals surface area contributed by atoms with E-state index in [9.17, 15) is 0 Å². The van der Waals surface area contributed by atoms with E-state index in [1.54, 1.807) is 6.26 Å². The van der Waals surface area contributed by atoms with Crippen LogP contribution in [0.3, 0.4) is 0 Å². The van der Waals surface area contributed by atoms with Gasteiger partial charge in [-0.25, -0.2) is 0 Å². The standard InChI is InChI=1S/C11H13NO/c1-2-11(13-9-1)4-3-10-5-7-12-8-6-10/h1-2,9-10,12H,5-8H2. The van der Waals surface area contributed by atoms with Crippen molar-refractivity contribution in [3.63, 3.8) is 0 Å². The van der Waals surface area contributed by atoms with Crippen LogP contribution in [0.15, 0.2) is 22.8 Å². The van der Waals surface area contributed by atoms with Gasteiger partial charge in [0.15, 0.2) is 5.76 Å². The van der Waals surface area contributed by atoms with E-state index in [1.165, 1.54) is 0 Å². The topological polar surface area (TPSA) is 25.2 Å². The van der Waals surface area contributed by atoms with Crippen molar-refractivity contribution in [2.75, 3.05) is 13.1 Å². The van der Waals surface area contributed by atoms with Gasteiger partial charge in [0.1, 0.15) is 0 Å². The normalized spacial score (nSPS) is 17.8. The van der Waals surface area contributed by atoms with Crippen LogP contribution >= 0.6 is 0 Å². The van der Waals surface area contributed by atoms with E-state index in [4.69, 9.17) is 4.42 Å². The van der Waals surface area contributed by atoms with Crippen LogP contribution in [0.25, 0.3) is 0 Å². The Morgan fingerprint density at radius 1 is 1.38 bits per heavy atom. The molecule has 1 aromatic rings. The number of hydrogen-bond acceptors (Lipinski definition) is 2. The molecule has 0 amide bonds. The summed E-state index contributed by atoms with van der Waals surface area (Å²) in [5.74, 6) is 7.61. The Kier molecular flexibility index (Phi) is 2.68. The van der Waals surface area contributed by atoms with Gasteiger partial charge in [0, 0.05) is 5.92 Å². The van der Waals surface area contributed by atoms with Gasteiger partial charge in [-0.1, -0.05) is 5.92 Å². The minimum Gasteiger partial charge on any atom is -0.456 e. The number of nitrogens with one attached hydrogen (secondary N) is 1. The average molecular weight is 175 g/mol. The number of furan rings is 1. The Morgan fingerprint density at radius 2 is 2.23 bits per heavy atom. The average Bonchev–Trinajstić information content (AvgIpc) is 2.69. The fourth-order valence-electron chi connectivity index (χ4n) is 1.49. The highest BCUT2D eigenvalue weighted by molar-refractivity contribution is 5.25. The molecule has 0 unspecified atom stereocenters. The van der Waals surface area contributed by atoms with E-state index in [0.717, 1.165) is 31.7 Å². The van der Waals surface area contributed by atoms with Crippen LogP contribution < -0.4 is 5.32 Å². The summed E-state index contributed by atoms with van der Waals surface area (Å²) < 4.78 is 5.14. The quantitative estimate of drug-likeness (QED) is 0.606. The van der Waals surface area contributed by atoms with Crippen LogP contribution in [0.1, 0.15) is 18.6 Å². The number of piperidine rings is 1. The molecular formula is C11H13NO. The molecule has 2 heterocycles. The van der Waals surface area contributed by atoms with Crippen molar-refractivity contribution >= 4 is 0 Å². The highest BCUT2D eigenvalue weighted by atomic mass is 16.3. The first-order chi connectivity index (χ1) is 6.45. The maximum absolute atomic E-state index is 5.14. The van der Waals surface area contributed by atoms with E-state index in [2.05, 4.69) is 17.2 Å². The van der Waals surface area contributed by atoms with Gasteiger partial charge >= 0.3 is 0 Å². The van der Waals surface area contributed by atoms with Crippen molar-refractivity contribution in [1.29, 1.82) is 0 Å². The Balaban J connectivity index is 1.95. The number of hydrogen-bond donors (Lipinski definition) is 1. The van der Waals surface area contributed by atoms with Crippen LogP contribution in [0.2, 0.25) is 0 Å². The fraction of sp³-hybridized carbons (Fsp3) is 0.455.